The van der Waals surface area contributed by atoms with Crippen LogP contribution in [0.5, 0.6) is 0 Å². The van der Waals surface area contributed by atoms with Crippen molar-refractivity contribution in [3.63, 3.8) is 0 Å². The van der Waals surface area contributed by atoms with Crippen molar-refractivity contribution >= 4 is 40.3 Å². The van der Waals surface area contributed by atoms with Gasteiger partial charge in [0.05, 0.1) is 0 Å². The Morgan fingerprint density at radius 1 is 1.26 bits per heavy atom. The van der Waals surface area contributed by atoms with E-state index in [0.717, 1.165) is 35.7 Å². The first-order valence-corrected chi connectivity index (χ1v) is 11.5. The van der Waals surface area contributed by atoms with Gasteiger partial charge < -0.3 is 15.6 Å². The number of hydrogen-bond acceptors (Lipinski definition) is 3. The molecule has 166 valence electrons. The number of nitrogens with one attached hydrogen (secondary N) is 3. The predicted octanol–water partition coefficient (Wildman–Crippen LogP) is 3.76. The minimum Gasteiger partial charge on any atom is -0.361 e. The van der Waals surface area contributed by atoms with Crippen LogP contribution < -0.4 is 10.6 Å². The standard InChI is InChI=1S/C23H29ClN4O3/c1-14-4-2-3-5-18(14)26-21(29)9-8-20-22(30)28(23(31)27-20)11-10-15-13-25-19-7-6-16(24)12-17(15)19/h6-7,12-14,18,20,25H,2-5,8-11H2,1H3,(H,26,29)(H,27,31). The van der Waals surface area contributed by atoms with E-state index in [9.17, 15) is 14.4 Å². The molecule has 3 unspecified atom stereocenters. The van der Waals surface area contributed by atoms with E-state index in [4.69, 9.17) is 11.6 Å². The molecule has 3 N–H and O–H groups in total. The van der Waals surface area contributed by atoms with Crippen molar-refractivity contribution in [2.75, 3.05) is 6.54 Å². The third-order valence-electron chi connectivity index (χ3n) is 6.56. The van der Waals surface area contributed by atoms with Crippen LogP contribution in [0.4, 0.5) is 4.79 Å². The van der Waals surface area contributed by atoms with Gasteiger partial charge in [0.1, 0.15) is 6.04 Å². The fourth-order valence-electron chi connectivity index (χ4n) is 4.66. The zero-order valence-electron chi connectivity index (χ0n) is 17.7. The van der Waals surface area contributed by atoms with Crippen molar-refractivity contribution in [2.45, 2.75) is 64.0 Å². The normalized spacial score (nSPS) is 23.9. The van der Waals surface area contributed by atoms with Crippen LogP contribution in [0.25, 0.3) is 10.9 Å². The third-order valence-corrected chi connectivity index (χ3v) is 6.79. The molecule has 2 aromatic rings. The topological polar surface area (TPSA) is 94.3 Å². The first kappa shape index (κ1) is 21.7. The number of benzene rings is 1. The molecule has 1 saturated carbocycles. The van der Waals surface area contributed by atoms with Crippen LogP contribution in [0.1, 0.15) is 51.0 Å². The molecule has 2 aliphatic rings. The molecule has 0 bridgehead atoms. The summed E-state index contributed by atoms with van der Waals surface area (Å²) in [6.07, 6.45) is 7.48. The summed E-state index contributed by atoms with van der Waals surface area (Å²) in [4.78, 5) is 41.9. The molecule has 31 heavy (non-hydrogen) atoms. The largest absolute Gasteiger partial charge is 0.361 e. The SMILES string of the molecule is CC1CCCCC1NC(=O)CCC1NC(=O)N(CCc2c[nH]c3ccc(Cl)cc23)C1=O. The van der Waals surface area contributed by atoms with Crippen LogP contribution in [0.15, 0.2) is 24.4 Å². The van der Waals surface area contributed by atoms with Gasteiger partial charge in [-0.25, -0.2) is 4.79 Å². The monoisotopic (exact) mass is 444 g/mol. The lowest BCUT2D eigenvalue weighted by molar-refractivity contribution is -0.127. The highest BCUT2D eigenvalue weighted by Gasteiger charge is 2.37. The molecule has 4 rings (SSSR count). The van der Waals surface area contributed by atoms with Crippen molar-refractivity contribution in [2.24, 2.45) is 5.92 Å². The summed E-state index contributed by atoms with van der Waals surface area (Å²) < 4.78 is 0. The molecule has 0 spiro atoms. The second-order valence-corrected chi connectivity index (χ2v) is 9.16. The number of nitrogens with zero attached hydrogens (tertiary/aromatic N) is 1. The summed E-state index contributed by atoms with van der Waals surface area (Å²) in [5.41, 5.74) is 1.97. The maximum absolute atomic E-state index is 12.7. The van der Waals surface area contributed by atoms with E-state index in [1.807, 2.05) is 24.4 Å². The summed E-state index contributed by atoms with van der Waals surface area (Å²) in [6, 6.07) is 4.79. The predicted molar refractivity (Wildman–Crippen MR) is 120 cm³/mol. The van der Waals surface area contributed by atoms with Crippen LogP contribution >= 0.6 is 11.6 Å². The summed E-state index contributed by atoms with van der Waals surface area (Å²) in [5, 5.41) is 7.46. The van der Waals surface area contributed by atoms with Gasteiger partial charge in [-0.1, -0.05) is 31.4 Å². The summed E-state index contributed by atoms with van der Waals surface area (Å²) in [7, 11) is 0. The Morgan fingerprint density at radius 2 is 2.06 bits per heavy atom. The van der Waals surface area contributed by atoms with Gasteiger partial charge in [-0.15, -0.1) is 0 Å². The van der Waals surface area contributed by atoms with Gasteiger partial charge >= 0.3 is 6.03 Å². The Bertz CT molecular complexity index is 988. The van der Waals surface area contributed by atoms with E-state index in [0.29, 0.717) is 23.8 Å². The van der Waals surface area contributed by atoms with Crippen LogP contribution in [0.2, 0.25) is 5.02 Å². The number of imide groups is 1. The molecule has 1 aromatic carbocycles. The Morgan fingerprint density at radius 3 is 2.87 bits per heavy atom. The van der Waals surface area contributed by atoms with Gasteiger partial charge in [0.2, 0.25) is 5.91 Å². The van der Waals surface area contributed by atoms with Crippen molar-refractivity contribution in [3.05, 3.63) is 35.0 Å². The molecule has 4 amide bonds. The second-order valence-electron chi connectivity index (χ2n) is 8.72. The fourth-order valence-corrected chi connectivity index (χ4v) is 4.83. The maximum atomic E-state index is 12.7. The molecular weight excluding hydrogens is 416 g/mol. The lowest BCUT2D eigenvalue weighted by Crippen LogP contribution is -2.41. The number of amides is 4. The van der Waals surface area contributed by atoms with Gasteiger partial charge in [0.25, 0.3) is 5.91 Å². The van der Waals surface area contributed by atoms with E-state index in [2.05, 4.69) is 22.5 Å². The van der Waals surface area contributed by atoms with E-state index in [1.54, 1.807) is 0 Å². The molecule has 3 atom stereocenters. The smallest absolute Gasteiger partial charge is 0.324 e. The van der Waals surface area contributed by atoms with Crippen molar-refractivity contribution < 1.29 is 14.4 Å². The number of urea groups is 1. The molecule has 1 aliphatic heterocycles. The molecule has 1 aromatic heterocycles. The molecule has 8 heteroatoms. The minimum atomic E-state index is -0.639. The summed E-state index contributed by atoms with van der Waals surface area (Å²) in [6.45, 7) is 2.46. The molecule has 1 aliphatic carbocycles. The van der Waals surface area contributed by atoms with Crippen molar-refractivity contribution in [3.8, 4) is 0 Å². The lowest BCUT2D eigenvalue weighted by Gasteiger charge is -2.29. The van der Waals surface area contributed by atoms with Crippen LogP contribution in [0, 0.1) is 5.92 Å². The Kier molecular flexibility index (Phi) is 6.51. The van der Waals surface area contributed by atoms with Gasteiger partial charge in [-0.3, -0.25) is 14.5 Å². The Balaban J connectivity index is 1.29. The summed E-state index contributed by atoms with van der Waals surface area (Å²) >= 11 is 6.09. The maximum Gasteiger partial charge on any atom is 0.324 e. The highest BCUT2D eigenvalue weighted by molar-refractivity contribution is 6.31. The lowest BCUT2D eigenvalue weighted by atomic mass is 9.86. The number of fused-ring (bicyclic) bond motifs is 1. The molecule has 0 radical (unpaired) electrons. The van der Waals surface area contributed by atoms with E-state index < -0.39 is 12.1 Å². The van der Waals surface area contributed by atoms with Crippen LogP contribution in [-0.4, -0.2) is 46.4 Å². The highest BCUT2D eigenvalue weighted by Crippen LogP contribution is 2.25. The van der Waals surface area contributed by atoms with Crippen molar-refractivity contribution in [1.29, 1.82) is 0 Å². The first-order valence-electron chi connectivity index (χ1n) is 11.1. The van der Waals surface area contributed by atoms with Crippen molar-refractivity contribution in [1.82, 2.24) is 20.5 Å². The Labute approximate surface area is 186 Å². The van der Waals surface area contributed by atoms with Gasteiger partial charge in [0.15, 0.2) is 0 Å². The number of halogens is 1. The molecule has 2 heterocycles. The molecule has 2 fully saturated rings. The van der Waals surface area contributed by atoms with E-state index in [1.165, 1.54) is 11.3 Å². The molecule has 1 saturated heterocycles. The number of carbonyl (C=O) groups excluding carboxylic acids is 3. The third kappa shape index (κ3) is 4.87. The number of rotatable bonds is 7. The van der Waals surface area contributed by atoms with Gasteiger partial charge in [-0.05, 0) is 55.4 Å². The number of hydrogen-bond donors (Lipinski definition) is 3. The zero-order valence-corrected chi connectivity index (χ0v) is 18.5. The van der Waals surface area contributed by atoms with E-state index >= 15 is 0 Å². The van der Waals surface area contributed by atoms with Crippen LogP contribution in [-0.2, 0) is 16.0 Å². The van der Waals surface area contributed by atoms with Crippen LogP contribution in [0.3, 0.4) is 0 Å². The fraction of sp³-hybridized carbons (Fsp3) is 0.522. The van der Waals surface area contributed by atoms with Gasteiger partial charge in [0, 0.05) is 41.1 Å². The number of aromatic nitrogens is 1. The average molecular weight is 445 g/mol. The average Bonchev–Trinajstić information content (AvgIpc) is 3.26. The Hall–Kier alpha value is -2.54. The first-order chi connectivity index (χ1) is 14.9. The zero-order chi connectivity index (χ0) is 22.0. The number of aromatic amines is 1. The summed E-state index contributed by atoms with van der Waals surface area (Å²) in [5.74, 6) is 0.178. The quantitative estimate of drug-likeness (QED) is 0.567. The van der Waals surface area contributed by atoms with E-state index in [-0.39, 0.29) is 30.8 Å². The number of carbonyl (C=O) groups is 3. The minimum absolute atomic E-state index is 0.0464. The number of H-pyrrole nitrogens is 1. The molecule has 7 nitrogen and oxygen atoms in total. The van der Waals surface area contributed by atoms with Gasteiger partial charge in [-0.2, -0.15) is 0 Å². The molecular formula is C23H29ClN4O3. The second kappa shape index (κ2) is 9.30. The highest BCUT2D eigenvalue weighted by atomic mass is 35.5.